The van der Waals surface area contributed by atoms with Crippen LogP contribution in [-0.4, -0.2) is 30.0 Å². The standard InChI is InChI=1S/C10H12ClN5O2S/c11-9-2-1-8(12)7-10(9)19(17,18)14-4-6-16-5-3-13-15-16/h1-3,5,7,14H,4,6,12H2. The lowest BCUT2D eigenvalue weighted by Crippen LogP contribution is -2.28. The third-order valence-corrected chi connectivity index (χ3v) is 4.29. The molecule has 0 aliphatic rings. The number of sulfonamides is 1. The van der Waals surface area contributed by atoms with E-state index >= 15 is 0 Å². The van der Waals surface area contributed by atoms with E-state index in [1.165, 1.54) is 29.1 Å². The summed E-state index contributed by atoms with van der Waals surface area (Å²) in [6.45, 7) is 0.552. The van der Waals surface area contributed by atoms with Gasteiger partial charge >= 0.3 is 0 Å². The minimum absolute atomic E-state index is 0.0345. The molecule has 0 aliphatic heterocycles. The Balaban J connectivity index is 2.07. The second-order valence-electron chi connectivity index (χ2n) is 3.75. The maximum Gasteiger partial charge on any atom is 0.242 e. The van der Waals surface area contributed by atoms with Crippen LogP contribution in [0.2, 0.25) is 5.02 Å². The molecule has 0 amide bonds. The minimum atomic E-state index is -3.69. The summed E-state index contributed by atoms with van der Waals surface area (Å²) in [5.74, 6) is 0. The number of nitrogens with one attached hydrogen (secondary N) is 1. The van der Waals surface area contributed by atoms with Gasteiger partial charge in [0.15, 0.2) is 0 Å². The van der Waals surface area contributed by atoms with Crippen LogP contribution in [0.3, 0.4) is 0 Å². The zero-order valence-corrected chi connectivity index (χ0v) is 11.4. The first-order valence-electron chi connectivity index (χ1n) is 5.38. The molecule has 9 heteroatoms. The SMILES string of the molecule is Nc1ccc(Cl)c(S(=O)(=O)NCCn2ccnn2)c1. The third-order valence-electron chi connectivity index (χ3n) is 2.35. The highest BCUT2D eigenvalue weighted by Crippen LogP contribution is 2.23. The number of nitrogens with two attached hydrogens (primary N) is 1. The molecule has 2 aromatic rings. The van der Waals surface area contributed by atoms with Crippen molar-refractivity contribution in [3.63, 3.8) is 0 Å². The predicted octanol–water partition coefficient (Wildman–Crippen LogP) is 0.492. The molecule has 2 rings (SSSR count). The Bertz CT molecular complexity index is 657. The van der Waals surface area contributed by atoms with Gasteiger partial charge in [-0.15, -0.1) is 5.10 Å². The van der Waals surface area contributed by atoms with Crippen molar-refractivity contribution in [2.45, 2.75) is 11.4 Å². The van der Waals surface area contributed by atoms with Crippen LogP contribution in [0.15, 0.2) is 35.5 Å². The third kappa shape index (κ3) is 3.43. The Morgan fingerprint density at radius 2 is 2.21 bits per heavy atom. The Labute approximate surface area is 115 Å². The van der Waals surface area contributed by atoms with Gasteiger partial charge < -0.3 is 5.73 Å². The zero-order chi connectivity index (χ0) is 13.9. The van der Waals surface area contributed by atoms with Crippen molar-refractivity contribution in [1.29, 1.82) is 0 Å². The number of rotatable bonds is 5. The van der Waals surface area contributed by atoms with E-state index in [1.807, 2.05) is 0 Å². The Kier molecular flexibility index (Phi) is 4.03. The molecule has 0 saturated carbocycles. The molecule has 0 bridgehead atoms. The van der Waals surface area contributed by atoms with Gasteiger partial charge in [0.2, 0.25) is 10.0 Å². The summed E-state index contributed by atoms with van der Waals surface area (Å²) in [5.41, 5.74) is 5.89. The number of halogens is 1. The molecule has 102 valence electrons. The summed E-state index contributed by atoms with van der Waals surface area (Å²) >= 11 is 5.86. The molecular formula is C10H12ClN5O2S. The molecule has 0 atom stereocenters. The average Bonchev–Trinajstić information content (AvgIpc) is 2.85. The molecule has 7 nitrogen and oxygen atoms in total. The van der Waals surface area contributed by atoms with E-state index in [0.717, 1.165) is 0 Å². The van der Waals surface area contributed by atoms with Crippen LogP contribution in [0, 0.1) is 0 Å². The molecule has 0 aliphatic carbocycles. The van der Waals surface area contributed by atoms with Gasteiger partial charge in [0.25, 0.3) is 0 Å². The van der Waals surface area contributed by atoms with Crippen LogP contribution in [0.25, 0.3) is 0 Å². The van der Waals surface area contributed by atoms with Crippen molar-refractivity contribution in [3.05, 3.63) is 35.6 Å². The second kappa shape index (κ2) is 5.55. The molecule has 19 heavy (non-hydrogen) atoms. The van der Waals surface area contributed by atoms with E-state index in [2.05, 4.69) is 15.0 Å². The highest BCUT2D eigenvalue weighted by molar-refractivity contribution is 7.89. The summed E-state index contributed by atoms with van der Waals surface area (Å²) < 4.78 is 28.0. The van der Waals surface area contributed by atoms with Crippen molar-refractivity contribution >= 4 is 27.3 Å². The lowest BCUT2D eigenvalue weighted by atomic mass is 10.3. The number of anilines is 1. The fourth-order valence-electron chi connectivity index (χ4n) is 1.45. The summed E-state index contributed by atoms with van der Waals surface area (Å²) in [4.78, 5) is -0.0345. The van der Waals surface area contributed by atoms with Gasteiger partial charge in [0.1, 0.15) is 4.90 Å². The van der Waals surface area contributed by atoms with E-state index in [4.69, 9.17) is 17.3 Å². The number of benzene rings is 1. The molecule has 1 aromatic carbocycles. The highest BCUT2D eigenvalue weighted by Gasteiger charge is 2.17. The quantitative estimate of drug-likeness (QED) is 0.782. The van der Waals surface area contributed by atoms with E-state index in [0.29, 0.717) is 12.2 Å². The number of aromatic nitrogens is 3. The molecule has 1 aromatic heterocycles. The number of hydrogen-bond acceptors (Lipinski definition) is 5. The lowest BCUT2D eigenvalue weighted by Gasteiger charge is -2.08. The van der Waals surface area contributed by atoms with Crippen molar-refractivity contribution in [2.24, 2.45) is 0 Å². The van der Waals surface area contributed by atoms with Crippen molar-refractivity contribution in [3.8, 4) is 0 Å². The molecule has 0 unspecified atom stereocenters. The number of nitrogens with zero attached hydrogens (tertiary/aromatic N) is 3. The number of hydrogen-bond donors (Lipinski definition) is 2. The van der Waals surface area contributed by atoms with Gasteiger partial charge in [-0.05, 0) is 18.2 Å². The monoisotopic (exact) mass is 301 g/mol. The van der Waals surface area contributed by atoms with Crippen LogP contribution in [-0.2, 0) is 16.6 Å². The molecular weight excluding hydrogens is 290 g/mol. The summed E-state index contributed by atoms with van der Waals surface area (Å²) in [6.07, 6.45) is 3.16. The van der Waals surface area contributed by atoms with Crippen LogP contribution in [0.5, 0.6) is 0 Å². The smallest absolute Gasteiger partial charge is 0.242 e. The summed E-state index contributed by atoms with van der Waals surface area (Å²) in [6, 6.07) is 4.31. The zero-order valence-electron chi connectivity index (χ0n) is 9.82. The van der Waals surface area contributed by atoms with Crippen molar-refractivity contribution in [2.75, 3.05) is 12.3 Å². The first kappa shape index (κ1) is 13.8. The average molecular weight is 302 g/mol. The molecule has 0 fully saturated rings. The van der Waals surface area contributed by atoms with Crippen LogP contribution in [0.4, 0.5) is 5.69 Å². The lowest BCUT2D eigenvalue weighted by molar-refractivity contribution is 0.553. The molecule has 0 saturated heterocycles. The van der Waals surface area contributed by atoms with Gasteiger partial charge in [-0.1, -0.05) is 16.8 Å². The van der Waals surface area contributed by atoms with Gasteiger partial charge in [-0.2, -0.15) is 0 Å². The van der Waals surface area contributed by atoms with E-state index < -0.39 is 10.0 Å². The van der Waals surface area contributed by atoms with Crippen LogP contribution in [0.1, 0.15) is 0 Å². The van der Waals surface area contributed by atoms with E-state index in [1.54, 1.807) is 6.20 Å². The molecule has 0 spiro atoms. The van der Waals surface area contributed by atoms with Crippen molar-refractivity contribution in [1.82, 2.24) is 19.7 Å². The fraction of sp³-hybridized carbons (Fsp3) is 0.200. The van der Waals surface area contributed by atoms with Gasteiger partial charge in [-0.25, -0.2) is 13.1 Å². The van der Waals surface area contributed by atoms with Crippen molar-refractivity contribution < 1.29 is 8.42 Å². The first-order chi connectivity index (χ1) is 8.99. The van der Waals surface area contributed by atoms with E-state index in [9.17, 15) is 8.42 Å². The van der Waals surface area contributed by atoms with Gasteiger partial charge in [0, 0.05) is 18.4 Å². The molecule has 1 heterocycles. The predicted molar refractivity (Wildman–Crippen MR) is 71.1 cm³/mol. The maximum atomic E-state index is 12.0. The molecule has 0 radical (unpaired) electrons. The summed E-state index contributed by atoms with van der Waals surface area (Å²) in [7, 11) is -3.69. The second-order valence-corrected chi connectivity index (χ2v) is 5.90. The topological polar surface area (TPSA) is 103 Å². The Hall–Kier alpha value is -1.64. The Morgan fingerprint density at radius 3 is 2.89 bits per heavy atom. The normalized spacial score (nSPS) is 11.6. The molecule has 3 N–H and O–H groups in total. The highest BCUT2D eigenvalue weighted by atomic mass is 35.5. The largest absolute Gasteiger partial charge is 0.399 e. The number of nitrogen functional groups attached to an aromatic ring is 1. The first-order valence-corrected chi connectivity index (χ1v) is 7.24. The maximum absolute atomic E-state index is 12.0. The van der Waals surface area contributed by atoms with Crippen LogP contribution < -0.4 is 10.5 Å². The van der Waals surface area contributed by atoms with E-state index in [-0.39, 0.29) is 16.5 Å². The Morgan fingerprint density at radius 1 is 1.42 bits per heavy atom. The van der Waals surface area contributed by atoms with Gasteiger partial charge in [-0.3, -0.25) is 4.68 Å². The van der Waals surface area contributed by atoms with Gasteiger partial charge in [0.05, 0.1) is 17.8 Å². The van der Waals surface area contributed by atoms with Crippen LogP contribution >= 0.6 is 11.6 Å². The fourth-order valence-corrected chi connectivity index (χ4v) is 3.00. The summed E-state index contributed by atoms with van der Waals surface area (Å²) in [5, 5.41) is 7.47. The minimum Gasteiger partial charge on any atom is -0.399 e.